The number of fused-ring (bicyclic) bond motifs is 2. The van der Waals surface area contributed by atoms with Gasteiger partial charge in [0.2, 0.25) is 0 Å². The van der Waals surface area contributed by atoms with E-state index in [4.69, 9.17) is 4.74 Å². The highest BCUT2D eigenvalue weighted by Crippen LogP contribution is 2.17. The number of carbonyl (C=O) groups excluding carboxylic acids is 1. The average molecular weight is 328 g/mol. The number of esters is 1. The van der Waals surface area contributed by atoms with Crippen molar-refractivity contribution >= 4 is 16.9 Å². The highest BCUT2D eigenvalue weighted by molar-refractivity contribution is 5.94. The molecular formula is C19H24N2O3. The van der Waals surface area contributed by atoms with E-state index >= 15 is 0 Å². The first-order chi connectivity index (χ1) is 11.6. The van der Waals surface area contributed by atoms with Crippen LogP contribution in [0, 0.1) is 5.92 Å². The molecule has 0 radical (unpaired) electrons. The van der Waals surface area contributed by atoms with Crippen molar-refractivity contribution in [2.45, 2.75) is 52.5 Å². The van der Waals surface area contributed by atoms with Gasteiger partial charge in [-0.3, -0.25) is 9.36 Å². The van der Waals surface area contributed by atoms with Crippen molar-refractivity contribution in [3.63, 3.8) is 0 Å². The number of hydrogen-bond donors (Lipinski definition) is 0. The minimum Gasteiger partial charge on any atom is -0.462 e. The molecule has 0 unspecified atom stereocenters. The summed E-state index contributed by atoms with van der Waals surface area (Å²) in [5, 5.41) is 0.569. The van der Waals surface area contributed by atoms with Crippen molar-refractivity contribution in [3.8, 4) is 0 Å². The lowest BCUT2D eigenvalue weighted by molar-refractivity contribution is 0.0459. The maximum Gasteiger partial charge on any atom is 0.338 e. The van der Waals surface area contributed by atoms with Gasteiger partial charge in [-0.2, -0.15) is 0 Å². The Morgan fingerprint density at radius 3 is 2.83 bits per heavy atom. The highest BCUT2D eigenvalue weighted by Gasteiger charge is 2.15. The monoisotopic (exact) mass is 328 g/mol. The van der Waals surface area contributed by atoms with E-state index in [1.54, 1.807) is 22.8 Å². The van der Waals surface area contributed by atoms with Gasteiger partial charge >= 0.3 is 5.97 Å². The van der Waals surface area contributed by atoms with Gasteiger partial charge in [-0.1, -0.05) is 26.7 Å². The molecular weight excluding hydrogens is 304 g/mol. The lowest BCUT2D eigenvalue weighted by Gasteiger charge is -2.16. The molecule has 2 heterocycles. The van der Waals surface area contributed by atoms with Gasteiger partial charge in [-0.15, -0.1) is 0 Å². The maximum absolute atomic E-state index is 12.7. The third kappa shape index (κ3) is 3.50. The molecule has 128 valence electrons. The summed E-state index contributed by atoms with van der Waals surface area (Å²) in [4.78, 5) is 29.5. The molecule has 0 atom stereocenters. The first-order valence-corrected chi connectivity index (χ1v) is 8.77. The van der Waals surface area contributed by atoms with E-state index in [1.807, 2.05) is 13.8 Å². The maximum atomic E-state index is 12.7. The van der Waals surface area contributed by atoms with E-state index in [0.717, 1.165) is 38.1 Å². The Morgan fingerprint density at radius 2 is 2.04 bits per heavy atom. The average Bonchev–Trinajstić information content (AvgIpc) is 2.54. The minimum absolute atomic E-state index is 0.000928. The van der Waals surface area contributed by atoms with Gasteiger partial charge in [0.25, 0.3) is 5.56 Å². The molecule has 0 aliphatic carbocycles. The van der Waals surface area contributed by atoms with Crippen LogP contribution >= 0.6 is 0 Å². The summed E-state index contributed by atoms with van der Waals surface area (Å²) >= 11 is 0. The van der Waals surface area contributed by atoms with Crippen LogP contribution in [0.1, 0.15) is 55.7 Å². The molecule has 3 rings (SSSR count). The zero-order valence-electron chi connectivity index (χ0n) is 14.4. The number of ether oxygens (including phenoxy) is 1. The van der Waals surface area contributed by atoms with Gasteiger partial charge in [0.15, 0.2) is 0 Å². The molecule has 0 spiro atoms. The van der Waals surface area contributed by atoms with Gasteiger partial charge in [0, 0.05) is 13.0 Å². The highest BCUT2D eigenvalue weighted by atomic mass is 16.5. The number of aromatic nitrogens is 2. The van der Waals surface area contributed by atoms with E-state index in [9.17, 15) is 9.59 Å². The Bertz CT molecular complexity index is 808. The summed E-state index contributed by atoms with van der Waals surface area (Å²) in [7, 11) is 0. The molecule has 2 aromatic rings. The van der Waals surface area contributed by atoms with Crippen LogP contribution in [0.3, 0.4) is 0 Å². The predicted molar refractivity (Wildman–Crippen MR) is 93.3 cm³/mol. The molecule has 1 aliphatic rings. The van der Waals surface area contributed by atoms with E-state index in [1.165, 1.54) is 6.42 Å². The summed E-state index contributed by atoms with van der Waals surface area (Å²) in [6, 6.07) is 5.03. The Kier molecular flexibility index (Phi) is 4.97. The SMILES string of the molecule is CC(C)COC(=O)c1ccc2c(=O)n3c(nc2c1)CCCCCC3. The Labute approximate surface area is 141 Å². The van der Waals surface area contributed by atoms with Crippen molar-refractivity contribution in [1.29, 1.82) is 0 Å². The fourth-order valence-corrected chi connectivity index (χ4v) is 3.05. The van der Waals surface area contributed by atoms with Crippen LogP contribution in [-0.2, 0) is 17.7 Å². The molecule has 0 amide bonds. The third-order valence-electron chi connectivity index (χ3n) is 4.35. The molecule has 0 bridgehead atoms. The first kappa shape index (κ1) is 16.7. The second-order valence-corrected chi connectivity index (χ2v) is 6.87. The molecule has 0 fully saturated rings. The number of nitrogens with zero attached hydrogens (tertiary/aromatic N) is 2. The first-order valence-electron chi connectivity index (χ1n) is 8.77. The van der Waals surface area contributed by atoms with E-state index in [-0.39, 0.29) is 17.4 Å². The molecule has 0 saturated heterocycles. The van der Waals surface area contributed by atoms with Gasteiger partial charge in [-0.05, 0) is 37.0 Å². The van der Waals surface area contributed by atoms with Crippen molar-refractivity contribution < 1.29 is 9.53 Å². The quantitative estimate of drug-likeness (QED) is 0.811. The number of benzene rings is 1. The van der Waals surface area contributed by atoms with E-state index in [2.05, 4.69) is 4.98 Å². The summed E-state index contributed by atoms with van der Waals surface area (Å²) in [6.45, 7) is 5.11. The molecule has 1 aromatic carbocycles. The largest absolute Gasteiger partial charge is 0.462 e. The fourth-order valence-electron chi connectivity index (χ4n) is 3.05. The van der Waals surface area contributed by atoms with Gasteiger partial charge in [-0.25, -0.2) is 9.78 Å². The zero-order chi connectivity index (χ0) is 17.1. The van der Waals surface area contributed by atoms with Crippen LogP contribution < -0.4 is 5.56 Å². The second kappa shape index (κ2) is 7.16. The van der Waals surface area contributed by atoms with Crippen molar-refractivity contribution in [1.82, 2.24) is 9.55 Å². The van der Waals surface area contributed by atoms with Crippen LogP contribution in [-0.4, -0.2) is 22.1 Å². The number of carbonyl (C=O) groups is 1. The van der Waals surface area contributed by atoms with E-state index in [0.29, 0.717) is 23.1 Å². The van der Waals surface area contributed by atoms with E-state index < -0.39 is 0 Å². The topological polar surface area (TPSA) is 61.2 Å². The normalized spacial score (nSPS) is 15.0. The number of rotatable bonds is 3. The molecule has 1 aromatic heterocycles. The Morgan fingerprint density at radius 1 is 1.25 bits per heavy atom. The molecule has 24 heavy (non-hydrogen) atoms. The number of hydrogen-bond acceptors (Lipinski definition) is 4. The van der Waals surface area contributed by atoms with Crippen molar-refractivity contribution in [3.05, 3.63) is 39.9 Å². The van der Waals surface area contributed by atoms with Crippen LogP contribution in [0.2, 0.25) is 0 Å². The Balaban J connectivity index is 1.99. The molecule has 5 nitrogen and oxygen atoms in total. The summed E-state index contributed by atoms with van der Waals surface area (Å²) < 4.78 is 7.07. The smallest absolute Gasteiger partial charge is 0.338 e. The minimum atomic E-state index is -0.362. The fraction of sp³-hybridized carbons (Fsp3) is 0.526. The van der Waals surface area contributed by atoms with Gasteiger partial charge in [0.1, 0.15) is 5.82 Å². The lowest BCUT2D eigenvalue weighted by Crippen LogP contribution is -2.26. The van der Waals surface area contributed by atoms with Crippen LogP contribution in [0.4, 0.5) is 0 Å². The van der Waals surface area contributed by atoms with Crippen molar-refractivity contribution in [2.24, 2.45) is 5.92 Å². The molecule has 0 N–H and O–H groups in total. The Hall–Kier alpha value is -2.17. The summed E-state index contributed by atoms with van der Waals surface area (Å²) in [5.74, 6) is 0.760. The predicted octanol–water partition coefficient (Wildman–Crippen LogP) is 3.33. The van der Waals surface area contributed by atoms with Crippen LogP contribution in [0.25, 0.3) is 10.9 Å². The molecule has 5 heteroatoms. The van der Waals surface area contributed by atoms with Gasteiger partial charge in [0.05, 0.1) is 23.1 Å². The lowest BCUT2D eigenvalue weighted by atomic mass is 10.1. The third-order valence-corrected chi connectivity index (χ3v) is 4.35. The van der Waals surface area contributed by atoms with Crippen LogP contribution in [0.5, 0.6) is 0 Å². The van der Waals surface area contributed by atoms with Crippen molar-refractivity contribution in [2.75, 3.05) is 6.61 Å². The standard InChI is InChI=1S/C19H24N2O3/c1-13(2)12-24-19(23)14-8-9-15-16(11-14)20-17-7-5-3-4-6-10-21(17)18(15)22/h8-9,11,13H,3-7,10,12H2,1-2H3. The molecule has 1 aliphatic heterocycles. The molecule has 0 saturated carbocycles. The van der Waals surface area contributed by atoms with Crippen LogP contribution in [0.15, 0.2) is 23.0 Å². The summed E-state index contributed by atoms with van der Waals surface area (Å²) in [5.41, 5.74) is 1.04. The second-order valence-electron chi connectivity index (χ2n) is 6.87. The van der Waals surface area contributed by atoms with Gasteiger partial charge < -0.3 is 4.74 Å². The summed E-state index contributed by atoms with van der Waals surface area (Å²) in [6.07, 6.45) is 5.21. The number of aryl methyl sites for hydroxylation is 1. The zero-order valence-corrected chi connectivity index (χ0v) is 14.4.